The Morgan fingerprint density at radius 3 is 2.77 bits per heavy atom. The van der Waals surface area contributed by atoms with Gasteiger partial charge in [0.2, 0.25) is 0 Å². The van der Waals surface area contributed by atoms with Gasteiger partial charge in [0.1, 0.15) is 5.75 Å². The van der Waals surface area contributed by atoms with Gasteiger partial charge in [0, 0.05) is 16.5 Å². The van der Waals surface area contributed by atoms with E-state index in [9.17, 15) is 0 Å². The van der Waals surface area contributed by atoms with E-state index < -0.39 is 0 Å². The van der Waals surface area contributed by atoms with Crippen LogP contribution < -0.4 is 4.74 Å². The summed E-state index contributed by atoms with van der Waals surface area (Å²) in [6.45, 7) is 7.60. The summed E-state index contributed by atoms with van der Waals surface area (Å²) in [5.74, 6) is 0.804. The number of hydrogen-bond acceptors (Lipinski definition) is 1. The number of ether oxygens (including phenoxy) is 1. The first-order valence-electron chi connectivity index (χ1n) is 3.98. The van der Waals surface area contributed by atoms with Crippen molar-refractivity contribution in [1.29, 1.82) is 0 Å². The van der Waals surface area contributed by atoms with Crippen LogP contribution in [-0.4, -0.2) is 7.11 Å². The molecule has 0 heterocycles. The lowest BCUT2D eigenvalue weighted by Gasteiger charge is -2.11. The van der Waals surface area contributed by atoms with Gasteiger partial charge in [-0.15, -0.1) is 6.58 Å². The third-order valence-electron chi connectivity index (χ3n) is 1.88. The third kappa shape index (κ3) is 2.25. The standard InChI is InChI=1S/C11H12ClO/c1-4-8(2)10-7-9(12)5-6-11(10)13-3/h4-8H,1-2H2,3H3. The molecular formula is C11H12ClO. The van der Waals surface area contributed by atoms with E-state index in [2.05, 4.69) is 13.5 Å². The molecule has 1 unspecified atom stereocenters. The van der Waals surface area contributed by atoms with Crippen LogP contribution in [0.3, 0.4) is 0 Å². The van der Waals surface area contributed by atoms with Gasteiger partial charge in [0.05, 0.1) is 7.11 Å². The van der Waals surface area contributed by atoms with Crippen LogP contribution in [0.2, 0.25) is 5.02 Å². The zero-order valence-electron chi connectivity index (χ0n) is 7.59. The molecule has 69 valence electrons. The molecular weight excluding hydrogens is 184 g/mol. The monoisotopic (exact) mass is 195 g/mol. The summed E-state index contributed by atoms with van der Waals surface area (Å²) >= 11 is 5.86. The predicted molar refractivity (Wildman–Crippen MR) is 56.3 cm³/mol. The Morgan fingerprint density at radius 1 is 1.54 bits per heavy atom. The van der Waals surface area contributed by atoms with Crippen molar-refractivity contribution in [3.8, 4) is 5.75 Å². The van der Waals surface area contributed by atoms with Crippen LogP contribution in [0.25, 0.3) is 0 Å². The van der Waals surface area contributed by atoms with Gasteiger partial charge in [0.15, 0.2) is 0 Å². The van der Waals surface area contributed by atoms with Gasteiger partial charge in [-0.2, -0.15) is 0 Å². The van der Waals surface area contributed by atoms with Crippen molar-refractivity contribution in [2.24, 2.45) is 0 Å². The van der Waals surface area contributed by atoms with Crippen molar-refractivity contribution >= 4 is 11.6 Å². The molecule has 0 aliphatic carbocycles. The van der Waals surface area contributed by atoms with Crippen molar-refractivity contribution in [2.45, 2.75) is 5.92 Å². The van der Waals surface area contributed by atoms with Gasteiger partial charge >= 0.3 is 0 Å². The van der Waals surface area contributed by atoms with Gasteiger partial charge in [-0.25, -0.2) is 0 Å². The maximum Gasteiger partial charge on any atom is 0.122 e. The van der Waals surface area contributed by atoms with E-state index in [1.807, 2.05) is 12.1 Å². The van der Waals surface area contributed by atoms with Gasteiger partial charge in [-0.1, -0.05) is 17.7 Å². The first-order valence-corrected chi connectivity index (χ1v) is 4.36. The van der Waals surface area contributed by atoms with Crippen LogP contribution in [0.1, 0.15) is 11.5 Å². The molecule has 1 radical (unpaired) electrons. The first kappa shape index (κ1) is 10.1. The Balaban J connectivity index is 3.14. The smallest absolute Gasteiger partial charge is 0.122 e. The highest BCUT2D eigenvalue weighted by molar-refractivity contribution is 6.30. The van der Waals surface area contributed by atoms with Crippen LogP contribution in [-0.2, 0) is 0 Å². The van der Waals surface area contributed by atoms with E-state index in [1.54, 1.807) is 19.3 Å². The molecule has 1 aromatic carbocycles. The largest absolute Gasteiger partial charge is 0.496 e. The molecule has 0 aliphatic rings. The Labute approximate surface area is 84.0 Å². The summed E-state index contributed by atoms with van der Waals surface area (Å²) in [7, 11) is 1.63. The molecule has 1 nitrogen and oxygen atoms in total. The van der Waals surface area contributed by atoms with E-state index in [-0.39, 0.29) is 5.92 Å². The molecule has 2 heteroatoms. The van der Waals surface area contributed by atoms with Gasteiger partial charge in [0.25, 0.3) is 0 Å². The van der Waals surface area contributed by atoms with Crippen LogP contribution in [0.15, 0.2) is 30.9 Å². The predicted octanol–water partition coefficient (Wildman–Crippen LogP) is 3.45. The summed E-state index contributed by atoms with van der Waals surface area (Å²) in [5.41, 5.74) is 0.963. The molecule has 1 aromatic rings. The highest BCUT2D eigenvalue weighted by Crippen LogP contribution is 2.29. The SMILES string of the molecule is [CH2]C(C=C)c1cc(Cl)ccc1OC. The van der Waals surface area contributed by atoms with Gasteiger partial charge in [-0.3, -0.25) is 0 Å². The number of benzene rings is 1. The molecule has 0 aromatic heterocycles. The average molecular weight is 196 g/mol. The molecule has 0 spiro atoms. The molecule has 1 rings (SSSR count). The quantitative estimate of drug-likeness (QED) is 0.672. The Hall–Kier alpha value is -0.950. The van der Waals surface area contributed by atoms with Crippen LogP contribution in [0, 0.1) is 6.92 Å². The molecule has 0 N–H and O–H groups in total. The Morgan fingerprint density at radius 2 is 2.23 bits per heavy atom. The second-order valence-electron chi connectivity index (χ2n) is 2.73. The second kappa shape index (κ2) is 4.33. The Bertz CT molecular complexity index is 307. The first-order chi connectivity index (χ1) is 6.19. The van der Waals surface area contributed by atoms with Crippen molar-refractivity contribution in [1.82, 2.24) is 0 Å². The maximum absolute atomic E-state index is 5.86. The zero-order valence-corrected chi connectivity index (χ0v) is 8.34. The van der Waals surface area contributed by atoms with E-state index in [0.717, 1.165) is 11.3 Å². The summed E-state index contributed by atoms with van der Waals surface area (Å²) in [6, 6.07) is 5.47. The molecule has 0 fully saturated rings. The van der Waals surface area contributed by atoms with Crippen LogP contribution in [0.4, 0.5) is 0 Å². The molecule has 0 bridgehead atoms. The summed E-state index contributed by atoms with van der Waals surface area (Å²) < 4.78 is 5.18. The third-order valence-corrected chi connectivity index (χ3v) is 2.11. The minimum absolute atomic E-state index is 0.00801. The van der Waals surface area contributed by atoms with Crippen molar-refractivity contribution in [3.63, 3.8) is 0 Å². The van der Waals surface area contributed by atoms with Gasteiger partial charge in [-0.05, 0) is 25.1 Å². The van der Waals surface area contributed by atoms with E-state index in [4.69, 9.17) is 16.3 Å². The second-order valence-corrected chi connectivity index (χ2v) is 3.16. The average Bonchev–Trinajstić information content (AvgIpc) is 2.16. The maximum atomic E-state index is 5.86. The van der Waals surface area contributed by atoms with E-state index in [1.165, 1.54) is 0 Å². The summed E-state index contributed by atoms with van der Waals surface area (Å²) in [4.78, 5) is 0. The molecule has 0 amide bonds. The van der Waals surface area contributed by atoms with Crippen LogP contribution >= 0.6 is 11.6 Å². The summed E-state index contributed by atoms with van der Waals surface area (Å²) in [6.07, 6.45) is 1.76. The van der Waals surface area contributed by atoms with Crippen molar-refractivity contribution in [3.05, 3.63) is 48.4 Å². The Kier molecular flexibility index (Phi) is 3.38. The molecule has 1 atom stereocenters. The van der Waals surface area contributed by atoms with Crippen molar-refractivity contribution < 1.29 is 4.74 Å². The molecule has 0 saturated carbocycles. The minimum atomic E-state index is 0.00801. The lowest BCUT2D eigenvalue weighted by atomic mass is 10.0. The minimum Gasteiger partial charge on any atom is -0.496 e. The number of hydrogen-bond donors (Lipinski definition) is 0. The lowest BCUT2D eigenvalue weighted by molar-refractivity contribution is 0.409. The highest BCUT2D eigenvalue weighted by Gasteiger charge is 2.08. The molecule has 0 aliphatic heterocycles. The lowest BCUT2D eigenvalue weighted by Crippen LogP contribution is -1.94. The summed E-state index contributed by atoms with van der Waals surface area (Å²) in [5, 5.41) is 0.686. The van der Waals surface area contributed by atoms with Gasteiger partial charge < -0.3 is 4.74 Å². The number of allylic oxidation sites excluding steroid dienone is 1. The fourth-order valence-corrected chi connectivity index (χ4v) is 1.30. The van der Waals surface area contributed by atoms with E-state index in [0.29, 0.717) is 5.02 Å². The number of methoxy groups -OCH3 is 1. The fraction of sp³-hybridized carbons (Fsp3) is 0.182. The highest BCUT2D eigenvalue weighted by atomic mass is 35.5. The zero-order chi connectivity index (χ0) is 9.84. The van der Waals surface area contributed by atoms with E-state index >= 15 is 0 Å². The topological polar surface area (TPSA) is 9.23 Å². The number of rotatable bonds is 3. The van der Waals surface area contributed by atoms with Crippen LogP contribution in [0.5, 0.6) is 5.75 Å². The fourth-order valence-electron chi connectivity index (χ4n) is 1.12. The molecule has 0 saturated heterocycles. The number of halogens is 1. The van der Waals surface area contributed by atoms with Crippen molar-refractivity contribution in [2.75, 3.05) is 7.11 Å². The molecule has 13 heavy (non-hydrogen) atoms. The normalized spacial score (nSPS) is 12.2.